The van der Waals surface area contributed by atoms with E-state index in [2.05, 4.69) is 33.7 Å². The van der Waals surface area contributed by atoms with Gasteiger partial charge in [-0.15, -0.1) is 0 Å². The lowest BCUT2D eigenvalue weighted by molar-refractivity contribution is 0.282. The number of allylic oxidation sites excluding steroid dienone is 5. The van der Waals surface area contributed by atoms with Gasteiger partial charge in [-0.3, -0.25) is 9.36 Å². The van der Waals surface area contributed by atoms with Gasteiger partial charge < -0.3 is 16.2 Å². The minimum atomic E-state index is -0.525. The van der Waals surface area contributed by atoms with E-state index in [0.717, 1.165) is 5.56 Å². The van der Waals surface area contributed by atoms with Crippen molar-refractivity contribution in [2.75, 3.05) is 11.1 Å². The second-order valence-corrected chi connectivity index (χ2v) is 8.93. The van der Waals surface area contributed by atoms with Crippen molar-refractivity contribution < 1.29 is 5.11 Å². The molecule has 2 heterocycles. The number of aromatic nitrogens is 4. The third-order valence-electron chi connectivity index (χ3n) is 5.86. The van der Waals surface area contributed by atoms with Crippen LogP contribution in [-0.2, 0) is 6.61 Å². The molecule has 196 valence electrons. The SMILES string of the molecule is C=C/C(=C\C=C/C)n1c(C(C)Nc2ncnc(N)c2C#Cc2cccc(CO)c2)nc2cccc(Cl)c2c1=O. The highest BCUT2D eigenvalue weighted by atomic mass is 35.5. The van der Waals surface area contributed by atoms with E-state index in [4.69, 9.17) is 22.3 Å². The van der Waals surface area contributed by atoms with Crippen LogP contribution >= 0.6 is 11.6 Å². The number of halogens is 1. The van der Waals surface area contributed by atoms with Crippen LogP contribution in [0.2, 0.25) is 5.02 Å². The zero-order valence-electron chi connectivity index (χ0n) is 21.5. The minimum Gasteiger partial charge on any atom is -0.392 e. The van der Waals surface area contributed by atoms with Gasteiger partial charge in [-0.1, -0.05) is 60.4 Å². The number of rotatable bonds is 7. The minimum absolute atomic E-state index is 0.0860. The molecule has 4 N–H and O–H groups in total. The van der Waals surface area contributed by atoms with E-state index in [1.807, 2.05) is 44.2 Å². The van der Waals surface area contributed by atoms with Crippen LogP contribution in [0.5, 0.6) is 0 Å². The van der Waals surface area contributed by atoms with E-state index in [9.17, 15) is 9.90 Å². The molecular weight excluding hydrogens is 512 g/mol. The quantitative estimate of drug-likeness (QED) is 0.221. The molecule has 0 aliphatic heterocycles. The average Bonchev–Trinajstić information content (AvgIpc) is 2.93. The van der Waals surface area contributed by atoms with Crippen LogP contribution in [-0.4, -0.2) is 24.6 Å². The van der Waals surface area contributed by atoms with Gasteiger partial charge in [0.2, 0.25) is 0 Å². The fraction of sp³-hybridized carbons (Fsp3) is 0.133. The second-order valence-electron chi connectivity index (χ2n) is 8.52. The Morgan fingerprint density at radius 2 is 2.05 bits per heavy atom. The third kappa shape index (κ3) is 5.91. The molecule has 0 spiro atoms. The molecule has 0 fully saturated rings. The van der Waals surface area contributed by atoms with Gasteiger partial charge in [0, 0.05) is 11.3 Å². The Morgan fingerprint density at radius 1 is 1.26 bits per heavy atom. The summed E-state index contributed by atoms with van der Waals surface area (Å²) in [6, 6.07) is 11.9. The smallest absolute Gasteiger partial charge is 0.267 e. The van der Waals surface area contributed by atoms with Crippen LogP contribution in [0.3, 0.4) is 0 Å². The van der Waals surface area contributed by atoms with Gasteiger partial charge in [0.1, 0.15) is 29.4 Å². The van der Waals surface area contributed by atoms with Crippen molar-refractivity contribution in [2.45, 2.75) is 26.5 Å². The first-order valence-corrected chi connectivity index (χ1v) is 12.5. The summed E-state index contributed by atoms with van der Waals surface area (Å²) in [5, 5.41) is 13.3. The third-order valence-corrected chi connectivity index (χ3v) is 6.17. The number of benzene rings is 2. The summed E-state index contributed by atoms with van der Waals surface area (Å²) in [6.45, 7) is 7.54. The Labute approximate surface area is 231 Å². The number of hydrogen-bond acceptors (Lipinski definition) is 7. The van der Waals surface area contributed by atoms with E-state index in [-0.39, 0.29) is 18.0 Å². The number of nitrogens with one attached hydrogen (secondary N) is 1. The van der Waals surface area contributed by atoms with Gasteiger partial charge in [0.05, 0.1) is 28.6 Å². The van der Waals surface area contributed by atoms with E-state index < -0.39 is 6.04 Å². The number of anilines is 2. The zero-order valence-corrected chi connectivity index (χ0v) is 22.3. The number of aliphatic hydroxyl groups excluding tert-OH is 1. The lowest BCUT2D eigenvalue weighted by atomic mass is 10.1. The van der Waals surface area contributed by atoms with E-state index in [1.54, 1.807) is 36.4 Å². The van der Waals surface area contributed by atoms with Crippen molar-refractivity contribution >= 4 is 39.8 Å². The van der Waals surface area contributed by atoms with Crippen LogP contribution in [0.4, 0.5) is 11.6 Å². The molecule has 9 heteroatoms. The van der Waals surface area contributed by atoms with Crippen LogP contribution in [0.1, 0.15) is 42.4 Å². The molecule has 0 aliphatic carbocycles. The van der Waals surface area contributed by atoms with Gasteiger partial charge in [0.15, 0.2) is 0 Å². The van der Waals surface area contributed by atoms with Crippen LogP contribution in [0.25, 0.3) is 16.6 Å². The van der Waals surface area contributed by atoms with Gasteiger partial charge >= 0.3 is 0 Å². The van der Waals surface area contributed by atoms with Crippen LogP contribution < -0.4 is 16.6 Å². The maximum absolute atomic E-state index is 13.7. The molecular formula is C30H27ClN6O2. The molecule has 39 heavy (non-hydrogen) atoms. The van der Waals surface area contributed by atoms with Gasteiger partial charge in [-0.2, -0.15) is 0 Å². The summed E-state index contributed by atoms with van der Waals surface area (Å²) >= 11 is 6.40. The van der Waals surface area contributed by atoms with Crippen molar-refractivity contribution in [1.29, 1.82) is 0 Å². The Bertz CT molecular complexity index is 1730. The van der Waals surface area contributed by atoms with Gasteiger partial charge in [-0.25, -0.2) is 15.0 Å². The number of nitrogens with two attached hydrogens (primary N) is 1. The summed E-state index contributed by atoms with van der Waals surface area (Å²) in [5.41, 5.74) is 8.69. The Hall–Kier alpha value is -4.71. The van der Waals surface area contributed by atoms with E-state index in [0.29, 0.717) is 44.4 Å². The average molecular weight is 539 g/mol. The molecule has 0 radical (unpaired) electrons. The first-order chi connectivity index (χ1) is 18.9. The highest BCUT2D eigenvalue weighted by Gasteiger charge is 2.21. The van der Waals surface area contributed by atoms with Crippen LogP contribution in [0.15, 0.2) is 84.5 Å². The first-order valence-electron chi connectivity index (χ1n) is 12.1. The highest BCUT2D eigenvalue weighted by molar-refractivity contribution is 6.35. The lowest BCUT2D eigenvalue weighted by Gasteiger charge is -2.21. The summed E-state index contributed by atoms with van der Waals surface area (Å²) in [7, 11) is 0. The molecule has 0 bridgehead atoms. The Kier molecular flexibility index (Phi) is 8.56. The maximum Gasteiger partial charge on any atom is 0.267 e. The molecule has 1 atom stereocenters. The predicted molar refractivity (Wildman–Crippen MR) is 157 cm³/mol. The highest BCUT2D eigenvalue weighted by Crippen LogP contribution is 2.26. The summed E-state index contributed by atoms with van der Waals surface area (Å²) in [6.07, 6.45) is 8.36. The monoisotopic (exact) mass is 538 g/mol. The number of nitrogens with zero attached hydrogens (tertiary/aromatic N) is 4. The van der Waals surface area contributed by atoms with Crippen LogP contribution in [0, 0.1) is 11.8 Å². The normalized spacial score (nSPS) is 12.3. The van der Waals surface area contributed by atoms with Crippen molar-refractivity contribution in [3.05, 3.63) is 118 Å². The maximum atomic E-state index is 13.7. The fourth-order valence-corrected chi connectivity index (χ4v) is 4.21. The molecule has 1 unspecified atom stereocenters. The summed E-state index contributed by atoms with van der Waals surface area (Å²) in [5.74, 6) is 7.09. The molecule has 4 rings (SSSR count). The molecule has 0 amide bonds. The predicted octanol–water partition coefficient (Wildman–Crippen LogP) is 5.09. The van der Waals surface area contributed by atoms with Crippen molar-refractivity contribution in [3.63, 3.8) is 0 Å². The fourth-order valence-electron chi connectivity index (χ4n) is 3.96. The van der Waals surface area contributed by atoms with Crippen molar-refractivity contribution in [3.8, 4) is 11.8 Å². The first kappa shape index (κ1) is 27.3. The number of nitrogen functional groups attached to an aromatic ring is 1. The molecule has 4 aromatic rings. The number of fused-ring (bicyclic) bond motifs is 1. The van der Waals surface area contributed by atoms with E-state index in [1.165, 1.54) is 10.9 Å². The number of hydrogen-bond donors (Lipinski definition) is 3. The van der Waals surface area contributed by atoms with Gasteiger partial charge in [-0.05, 0) is 55.8 Å². The largest absolute Gasteiger partial charge is 0.392 e. The van der Waals surface area contributed by atoms with Crippen molar-refractivity contribution in [1.82, 2.24) is 19.5 Å². The Balaban J connectivity index is 1.83. The summed E-state index contributed by atoms with van der Waals surface area (Å²) < 4.78 is 1.48. The van der Waals surface area contributed by atoms with Crippen molar-refractivity contribution in [2.24, 2.45) is 0 Å². The zero-order chi connectivity index (χ0) is 27.9. The molecule has 2 aromatic carbocycles. The molecule has 0 saturated heterocycles. The second kappa shape index (κ2) is 12.2. The molecule has 2 aromatic heterocycles. The molecule has 8 nitrogen and oxygen atoms in total. The Morgan fingerprint density at radius 3 is 2.79 bits per heavy atom. The topological polar surface area (TPSA) is 119 Å². The van der Waals surface area contributed by atoms with Gasteiger partial charge in [0.25, 0.3) is 5.56 Å². The molecule has 0 aliphatic rings. The summed E-state index contributed by atoms with van der Waals surface area (Å²) in [4.78, 5) is 27.0. The number of aliphatic hydroxyl groups is 1. The standard InChI is InChI=1S/C30H27ClN6O2/c1-4-6-11-22(5-2)37-29(36-25-13-8-12-24(31)26(25)30(37)39)19(3)35-28-23(27(32)33-18-34-28)15-14-20-9-7-10-21(16-20)17-38/h4-13,16,18-19,38H,2,17H2,1,3H3,(H3,32,33,34,35)/b6-4-,22-11+. The molecule has 0 saturated carbocycles. The lowest BCUT2D eigenvalue weighted by Crippen LogP contribution is -2.28. The van der Waals surface area contributed by atoms with E-state index >= 15 is 0 Å².